The molecule has 0 unspecified atom stereocenters. The number of likely N-dealkylation sites (tertiary alicyclic amines) is 1. The summed E-state index contributed by atoms with van der Waals surface area (Å²) >= 11 is 0. The third-order valence-electron chi connectivity index (χ3n) is 2.87. The standard InChI is InChI=1S/C11H21NO2/c1-4-14-10(13)9-12-7-5-11(2,3)6-8-12/h4-9H2,1-3H3. The van der Waals surface area contributed by atoms with Crippen LogP contribution in [0.5, 0.6) is 0 Å². The number of carbonyl (C=O) groups is 1. The molecule has 0 aromatic heterocycles. The van der Waals surface area contributed by atoms with Gasteiger partial charge in [0.2, 0.25) is 0 Å². The molecule has 0 radical (unpaired) electrons. The molecule has 1 saturated heterocycles. The highest BCUT2D eigenvalue weighted by atomic mass is 16.5. The molecule has 1 rings (SSSR count). The third kappa shape index (κ3) is 3.66. The minimum atomic E-state index is -0.0905. The molecule has 0 aliphatic carbocycles. The fourth-order valence-corrected chi connectivity index (χ4v) is 1.71. The van der Waals surface area contributed by atoms with Crippen LogP contribution in [0.1, 0.15) is 33.6 Å². The van der Waals surface area contributed by atoms with E-state index >= 15 is 0 Å². The number of ether oxygens (including phenoxy) is 1. The van der Waals surface area contributed by atoms with Crippen LogP contribution < -0.4 is 0 Å². The highest BCUT2D eigenvalue weighted by Gasteiger charge is 2.26. The monoisotopic (exact) mass is 199 g/mol. The second-order valence-electron chi connectivity index (χ2n) is 4.75. The first-order valence-corrected chi connectivity index (χ1v) is 5.41. The van der Waals surface area contributed by atoms with Crippen molar-refractivity contribution in [3.8, 4) is 0 Å². The molecule has 0 aromatic rings. The van der Waals surface area contributed by atoms with Gasteiger partial charge in [-0.05, 0) is 38.3 Å². The van der Waals surface area contributed by atoms with Gasteiger partial charge in [0.1, 0.15) is 0 Å². The lowest BCUT2D eigenvalue weighted by atomic mass is 9.83. The van der Waals surface area contributed by atoms with Gasteiger partial charge in [0.05, 0.1) is 13.2 Å². The van der Waals surface area contributed by atoms with E-state index in [1.165, 1.54) is 12.8 Å². The van der Waals surface area contributed by atoms with Crippen LogP contribution in [-0.2, 0) is 9.53 Å². The van der Waals surface area contributed by atoms with Crippen molar-refractivity contribution in [2.75, 3.05) is 26.2 Å². The van der Waals surface area contributed by atoms with Crippen molar-refractivity contribution >= 4 is 5.97 Å². The lowest BCUT2D eigenvalue weighted by Gasteiger charge is -2.36. The van der Waals surface area contributed by atoms with E-state index in [4.69, 9.17) is 4.74 Å². The Morgan fingerprint density at radius 1 is 1.36 bits per heavy atom. The van der Waals surface area contributed by atoms with Crippen LogP contribution in [-0.4, -0.2) is 37.1 Å². The predicted molar refractivity (Wildman–Crippen MR) is 56.1 cm³/mol. The zero-order valence-electron chi connectivity index (χ0n) is 9.51. The van der Waals surface area contributed by atoms with Crippen molar-refractivity contribution in [3.63, 3.8) is 0 Å². The van der Waals surface area contributed by atoms with Gasteiger partial charge in [-0.15, -0.1) is 0 Å². The first-order chi connectivity index (χ1) is 6.53. The highest BCUT2D eigenvalue weighted by molar-refractivity contribution is 5.71. The molecular weight excluding hydrogens is 178 g/mol. The number of hydrogen-bond donors (Lipinski definition) is 0. The van der Waals surface area contributed by atoms with Gasteiger partial charge in [-0.2, -0.15) is 0 Å². The predicted octanol–water partition coefficient (Wildman–Crippen LogP) is 1.67. The van der Waals surface area contributed by atoms with E-state index in [1.807, 2.05) is 6.92 Å². The fourth-order valence-electron chi connectivity index (χ4n) is 1.71. The van der Waals surface area contributed by atoms with Crippen LogP contribution in [0.3, 0.4) is 0 Å². The Kier molecular flexibility index (Phi) is 3.93. The Balaban J connectivity index is 2.25. The van der Waals surface area contributed by atoms with Crippen LogP contribution in [0.15, 0.2) is 0 Å². The average molecular weight is 199 g/mol. The van der Waals surface area contributed by atoms with Crippen LogP contribution in [0.2, 0.25) is 0 Å². The summed E-state index contributed by atoms with van der Waals surface area (Å²) in [4.78, 5) is 13.4. The van der Waals surface area contributed by atoms with Gasteiger partial charge in [0.15, 0.2) is 0 Å². The van der Waals surface area contributed by atoms with Crippen molar-refractivity contribution < 1.29 is 9.53 Å². The topological polar surface area (TPSA) is 29.5 Å². The largest absolute Gasteiger partial charge is 0.465 e. The first kappa shape index (κ1) is 11.5. The Bertz CT molecular complexity index is 191. The quantitative estimate of drug-likeness (QED) is 0.648. The molecule has 0 bridgehead atoms. The van der Waals surface area contributed by atoms with Crippen molar-refractivity contribution in [1.29, 1.82) is 0 Å². The van der Waals surface area contributed by atoms with Gasteiger partial charge >= 0.3 is 5.97 Å². The van der Waals surface area contributed by atoms with Crippen LogP contribution in [0.25, 0.3) is 0 Å². The highest BCUT2D eigenvalue weighted by Crippen LogP contribution is 2.29. The molecule has 0 saturated carbocycles. The van der Waals surface area contributed by atoms with Crippen molar-refractivity contribution in [3.05, 3.63) is 0 Å². The van der Waals surface area contributed by atoms with Gasteiger partial charge in [-0.1, -0.05) is 13.8 Å². The van der Waals surface area contributed by atoms with E-state index in [9.17, 15) is 4.79 Å². The van der Waals surface area contributed by atoms with Gasteiger partial charge in [-0.3, -0.25) is 9.69 Å². The zero-order chi connectivity index (χ0) is 10.6. The minimum Gasteiger partial charge on any atom is -0.465 e. The SMILES string of the molecule is CCOC(=O)CN1CCC(C)(C)CC1. The summed E-state index contributed by atoms with van der Waals surface area (Å²) in [5.41, 5.74) is 0.450. The Hall–Kier alpha value is -0.570. The summed E-state index contributed by atoms with van der Waals surface area (Å²) < 4.78 is 4.92. The number of piperidine rings is 1. The second-order valence-corrected chi connectivity index (χ2v) is 4.75. The maximum Gasteiger partial charge on any atom is 0.320 e. The summed E-state index contributed by atoms with van der Waals surface area (Å²) in [6.45, 7) is 9.40. The van der Waals surface area contributed by atoms with Gasteiger partial charge in [-0.25, -0.2) is 0 Å². The molecule has 0 N–H and O–H groups in total. The maximum atomic E-state index is 11.2. The molecule has 0 atom stereocenters. The number of carbonyl (C=O) groups excluding carboxylic acids is 1. The number of rotatable bonds is 3. The van der Waals surface area contributed by atoms with Crippen molar-refractivity contribution in [2.24, 2.45) is 5.41 Å². The lowest BCUT2D eigenvalue weighted by molar-refractivity contribution is -0.145. The van der Waals surface area contributed by atoms with Crippen molar-refractivity contribution in [1.82, 2.24) is 4.90 Å². The Labute approximate surface area is 86.4 Å². The summed E-state index contributed by atoms with van der Waals surface area (Å²) in [6.07, 6.45) is 2.35. The van der Waals surface area contributed by atoms with E-state index in [0.717, 1.165) is 13.1 Å². The molecule has 1 aliphatic heterocycles. The zero-order valence-corrected chi connectivity index (χ0v) is 9.51. The van der Waals surface area contributed by atoms with Gasteiger partial charge in [0.25, 0.3) is 0 Å². The second kappa shape index (κ2) is 4.78. The molecule has 1 aliphatic rings. The van der Waals surface area contributed by atoms with E-state index in [-0.39, 0.29) is 5.97 Å². The van der Waals surface area contributed by atoms with Crippen molar-refractivity contribution in [2.45, 2.75) is 33.6 Å². The van der Waals surface area contributed by atoms with Crippen LogP contribution in [0.4, 0.5) is 0 Å². The summed E-state index contributed by atoms with van der Waals surface area (Å²) in [5.74, 6) is -0.0905. The molecule has 0 aromatic carbocycles. The summed E-state index contributed by atoms with van der Waals surface area (Å²) in [5, 5.41) is 0. The van der Waals surface area contributed by atoms with Crippen LogP contribution >= 0.6 is 0 Å². The smallest absolute Gasteiger partial charge is 0.320 e. The van der Waals surface area contributed by atoms with E-state index in [1.54, 1.807) is 0 Å². The Morgan fingerprint density at radius 2 is 1.93 bits per heavy atom. The number of nitrogens with zero attached hydrogens (tertiary/aromatic N) is 1. The molecule has 14 heavy (non-hydrogen) atoms. The molecular formula is C11H21NO2. The molecule has 3 nitrogen and oxygen atoms in total. The molecule has 82 valence electrons. The van der Waals surface area contributed by atoms with Gasteiger partial charge in [0, 0.05) is 0 Å². The molecule has 0 amide bonds. The Morgan fingerprint density at radius 3 is 2.43 bits per heavy atom. The third-order valence-corrected chi connectivity index (χ3v) is 2.87. The first-order valence-electron chi connectivity index (χ1n) is 5.41. The average Bonchev–Trinajstić information content (AvgIpc) is 2.09. The van der Waals surface area contributed by atoms with Gasteiger partial charge < -0.3 is 4.74 Å². The fraction of sp³-hybridized carbons (Fsp3) is 0.909. The molecule has 1 fully saturated rings. The van der Waals surface area contributed by atoms with E-state index in [2.05, 4.69) is 18.7 Å². The maximum absolute atomic E-state index is 11.2. The molecule has 1 heterocycles. The normalized spacial score (nSPS) is 21.9. The van der Waals surface area contributed by atoms with E-state index in [0.29, 0.717) is 18.6 Å². The lowest BCUT2D eigenvalue weighted by Crippen LogP contribution is -2.40. The molecule has 3 heteroatoms. The summed E-state index contributed by atoms with van der Waals surface area (Å²) in [6, 6.07) is 0. The van der Waals surface area contributed by atoms with Crippen LogP contribution in [0, 0.1) is 5.41 Å². The van der Waals surface area contributed by atoms with E-state index < -0.39 is 0 Å². The number of hydrogen-bond acceptors (Lipinski definition) is 3. The molecule has 0 spiro atoms. The number of esters is 1. The summed E-state index contributed by atoms with van der Waals surface area (Å²) in [7, 11) is 0. The minimum absolute atomic E-state index is 0.0905.